The number of rotatable bonds is 4. The number of aromatic nitrogens is 1. The molecule has 4 rings (SSSR count). The zero-order valence-electron chi connectivity index (χ0n) is 14.4. The van der Waals surface area contributed by atoms with Crippen LogP contribution in [0.1, 0.15) is 18.2 Å². The second kappa shape index (κ2) is 6.72. The molecule has 0 fully saturated rings. The Bertz CT molecular complexity index is 1070. The first-order chi connectivity index (χ1) is 13.1. The first kappa shape index (κ1) is 17.0. The molecule has 1 aliphatic heterocycles. The van der Waals surface area contributed by atoms with Crippen molar-refractivity contribution in [3.8, 4) is 5.75 Å². The number of carbonyl (C=O) groups excluding carboxylic acids is 2. The van der Waals surface area contributed by atoms with Crippen molar-refractivity contribution in [2.24, 2.45) is 0 Å². The van der Waals surface area contributed by atoms with Crippen molar-refractivity contribution in [3.05, 3.63) is 66.1 Å². The van der Waals surface area contributed by atoms with Crippen LogP contribution in [-0.4, -0.2) is 28.7 Å². The fraction of sp³-hybridized carbons (Fsp3) is 0.150. The fourth-order valence-electron chi connectivity index (χ4n) is 3.37. The van der Waals surface area contributed by atoms with Crippen molar-refractivity contribution in [1.29, 1.82) is 0 Å². The third kappa shape index (κ3) is 2.79. The quantitative estimate of drug-likeness (QED) is 0.403. The van der Waals surface area contributed by atoms with E-state index in [1.165, 1.54) is 18.2 Å². The van der Waals surface area contributed by atoms with Gasteiger partial charge in [0.15, 0.2) is 5.94 Å². The molecule has 0 aliphatic carbocycles. The van der Waals surface area contributed by atoms with E-state index in [9.17, 15) is 14.0 Å². The molecule has 2 aromatic carbocycles. The Balaban J connectivity index is 1.72. The van der Waals surface area contributed by atoms with Gasteiger partial charge in [0.2, 0.25) is 5.82 Å². The molecule has 27 heavy (non-hydrogen) atoms. The van der Waals surface area contributed by atoms with Gasteiger partial charge < -0.3 is 4.74 Å². The Hall–Kier alpha value is -3.41. The molecule has 0 bridgehead atoms. The maximum absolute atomic E-state index is 14.2. The number of benzene rings is 2. The lowest BCUT2D eigenvalue weighted by Gasteiger charge is -2.22. The Morgan fingerprint density at radius 3 is 2.67 bits per heavy atom. The summed E-state index contributed by atoms with van der Waals surface area (Å²) in [5.41, 5.74) is 1.06. The maximum Gasteiger partial charge on any atom is 0.313 e. The number of hydroxylamine groups is 2. The summed E-state index contributed by atoms with van der Waals surface area (Å²) in [6.45, 7) is 0. The minimum atomic E-state index is -0.644. The molecule has 1 atom stereocenters. The molecular weight excluding hydrogens is 351 g/mol. The van der Waals surface area contributed by atoms with Gasteiger partial charge in [-0.2, -0.15) is 0 Å². The third-order valence-electron chi connectivity index (χ3n) is 4.49. The largest absolute Gasteiger partial charge is 0.426 e. The first-order valence-corrected chi connectivity index (χ1v) is 8.28. The van der Waals surface area contributed by atoms with E-state index >= 15 is 0 Å². The minimum Gasteiger partial charge on any atom is -0.426 e. The summed E-state index contributed by atoms with van der Waals surface area (Å²) in [5.74, 6) is 1.40. The van der Waals surface area contributed by atoms with Crippen LogP contribution in [0.5, 0.6) is 5.75 Å². The summed E-state index contributed by atoms with van der Waals surface area (Å²) in [7, 11) is 1.39. The van der Waals surface area contributed by atoms with Gasteiger partial charge in [0.25, 0.3) is 0 Å². The Morgan fingerprint density at radius 2 is 1.96 bits per heavy atom. The summed E-state index contributed by atoms with van der Waals surface area (Å²) in [6, 6.07) is 14.2. The molecule has 0 amide bonds. The van der Waals surface area contributed by atoms with Gasteiger partial charge in [-0.1, -0.05) is 24.3 Å². The summed E-state index contributed by atoms with van der Waals surface area (Å²) < 4.78 is 21.1. The molecule has 0 saturated carbocycles. The highest BCUT2D eigenvalue weighted by Gasteiger charge is 2.39. The average Bonchev–Trinajstić information content (AvgIpc) is 3.18. The zero-order chi connectivity index (χ0) is 19.0. The van der Waals surface area contributed by atoms with Crippen LogP contribution < -0.4 is 4.74 Å². The molecule has 2 heterocycles. The van der Waals surface area contributed by atoms with Gasteiger partial charge in [0, 0.05) is 5.39 Å². The normalized spacial score (nSPS) is 15.7. The Morgan fingerprint density at radius 1 is 1.19 bits per heavy atom. The molecule has 0 saturated heterocycles. The van der Waals surface area contributed by atoms with E-state index in [1.807, 2.05) is 12.0 Å². The van der Waals surface area contributed by atoms with Gasteiger partial charge in [-0.25, -0.2) is 14.2 Å². The molecule has 0 N–H and O–H groups in total. The lowest BCUT2D eigenvalue weighted by atomic mass is 10.1. The van der Waals surface area contributed by atoms with Crippen molar-refractivity contribution in [1.82, 2.24) is 9.63 Å². The minimum absolute atomic E-state index is 0.0608. The van der Waals surface area contributed by atoms with Crippen molar-refractivity contribution >= 4 is 28.6 Å². The molecular formula is C20H15FN2O4. The van der Waals surface area contributed by atoms with Crippen LogP contribution in [0.15, 0.2) is 54.6 Å². The number of nitrogens with zero attached hydrogens (tertiary/aromatic N) is 2. The number of carbonyl (C=O) groups is 1. The summed E-state index contributed by atoms with van der Waals surface area (Å²) in [4.78, 5) is 29.3. The molecule has 1 aliphatic rings. The van der Waals surface area contributed by atoms with Crippen molar-refractivity contribution < 1.29 is 23.6 Å². The Labute approximate surface area is 154 Å². The van der Waals surface area contributed by atoms with Crippen LogP contribution in [0, 0.1) is 5.82 Å². The van der Waals surface area contributed by atoms with E-state index in [2.05, 4.69) is 0 Å². The van der Waals surface area contributed by atoms with Crippen molar-refractivity contribution in [2.45, 2.75) is 12.5 Å². The van der Waals surface area contributed by atoms with E-state index in [4.69, 9.17) is 9.57 Å². The highest BCUT2D eigenvalue weighted by molar-refractivity contribution is 5.91. The highest BCUT2D eigenvalue weighted by atomic mass is 19.1. The summed E-state index contributed by atoms with van der Waals surface area (Å²) in [5, 5.41) is 1.65. The van der Waals surface area contributed by atoms with E-state index < -0.39 is 17.8 Å². The van der Waals surface area contributed by atoms with Crippen LogP contribution in [0.3, 0.4) is 0 Å². The average molecular weight is 366 g/mol. The van der Waals surface area contributed by atoms with Gasteiger partial charge in [-0.3, -0.25) is 14.2 Å². The van der Waals surface area contributed by atoms with E-state index in [0.717, 1.165) is 0 Å². The number of hydrogen-bond acceptors (Lipinski definition) is 5. The second-order valence-corrected chi connectivity index (χ2v) is 6.02. The number of para-hydroxylation sites is 1. The molecule has 7 heteroatoms. The zero-order valence-corrected chi connectivity index (χ0v) is 14.4. The lowest BCUT2D eigenvalue weighted by molar-refractivity contribution is -0.143. The summed E-state index contributed by atoms with van der Waals surface area (Å²) >= 11 is 0. The van der Waals surface area contributed by atoms with Crippen molar-refractivity contribution in [2.75, 3.05) is 7.11 Å². The number of ether oxygens (including phenoxy) is 1. The number of esters is 1. The molecule has 0 radical (unpaired) electrons. The highest BCUT2D eigenvalue weighted by Crippen LogP contribution is 2.42. The van der Waals surface area contributed by atoms with Crippen LogP contribution >= 0.6 is 0 Å². The van der Waals surface area contributed by atoms with Gasteiger partial charge >= 0.3 is 5.97 Å². The number of hydrogen-bond donors (Lipinski definition) is 0. The lowest BCUT2D eigenvalue weighted by Crippen LogP contribution is -2.25. The van der Waals surface area contributed by atoms with Gasteiger partial charge in [-0.15, -0.1) is 0 Å². The first-order valence-electron chi connectivity index (χ1n) is 8.28. The van der Waals surface area contributed by atoms with E-state index in [-0.39, 0.29) is 12.2 Å². The molecule has 1 unspecified atom stereocenters. The molecule has 3 aromatic rings. The smallest absolute Gasteiger partial charge is 0.313 e. The standard InChI is InChI=1S/C20H15FN2O4/c1-26-23-18(11-20(25)27-13-6-3-2-4-7-13)17-10-14-15(21)8-5-9-16(14)22(17)19(23)12-24/h2-10,18H,11H2,1H3. The number of fused-ring (bicyclic) bond motifs is 3. The molecule has 0 spiro atoms. The molecule has 136 valence electrons. The monoisotopic (exact) mass is 366 g/mol. The van der Waals surface area contributed by atoms with Crippen LogP contribution in [0.4, 0.5) is 4.39 Å². The van der Waals surface area contributed by atoms with Crippen LogP contribution in [0.25, 0.3) is 16.7 Å². The van der Waals surface area contributed by atoms with Gasteiger partial charge in [0.05, 0.1) is 24.7 Å². The fourth-order valence-corrected chi connectivity index (χ4v) is 3.37. The number of halogens is 1. The molecule has 6 nitrogen and oxygen atoms in total. The maximum atomic E-state index is 14.2. The SMILES string of the molecule is CON1C(=C=O)n2c(cc3c(F)cccc32)C1CC(=O)Oc1ccccc1. The van der Waals surface area contributed by atoms with Gasteiger partial charge in [0.1, 0.15) is 17.6 Å². The van der Waals surface area contributed by atoms with Crippen LogP contribution in [-0.2, 0) is 14.4 Å². The Kier molecular flexibility index (Phi) is 4.24. The molecule has 1 aromatic heterocycles. The van der Waals surface area contributed by atoms with Crippen molar-refractivity contribution in [3.63, 3.8) is 0 Å². The third-order valence-corrected chi connectivity index (χ3v) is 4.49. The van der Waals surface area contributed by atoms with E-state index in [1.54, 1.807) is 47.0 Å². The van der Waals surface area contributed by atoms with E-state index in [0.29, 0.717) is 22.3 Å². The second-order valence-electron chi connectivity index (χ2n) is 6.02. The topological polar surface area (TPSA) is 60.8 Å². The van der Waals surface area contributed by atoms with Gasteiger partial charge in [-0.05, 0) is 30.3 Å². The summed E-state index contributed by atoms with van der Waals surface area (Å²) in [6.07, 6.45) is -0.0914. The predicted molar refractivity (Wildman–Crippen MR) is 95.6 cm³/mol. The predicted octanol–water partition coefficient (Wildman–Crippen LogP) is 3.32. The van der Waals surface area contributed by atoms with Crippen LogP contribution in [0.2, 0.25) is 0 Å².